The minimum atomic E-state index is -0.684. The fraction of sp³-hybridized carbons (Fsp3) is 0.250. The first-order chi connectivity index (χ1) is 12.6. The van der Waals surface area contributed by atoms with Crippen molar-refractivity contribution in [2.45, 2.75) is 25.5 Å². The standard InChI is InChI=1S/C20H21N3O3/c1-26-20(25)18(21)8-13-3-2-4-14(7-13)9-19-17-11-22-6-5-15(17)10-16(12-24)23-19/h2-7,10-11,18,24H,8-9,12,21H2,1H3/t18-/m0/s1. The molecule has 134 valence electrons. The van der Waals surface area contributed by atoms with Crippen molar-refractivity contribution in [3.8, 4) is 0 Å². The minimum absolute atomic E-state index is 0.112. The van der Waals surface area contributed by atoms with Crippen molar-refractivity contribution in [1.29, 1.82) is 0 Å². The van der Waals surface area contributed by atoms with E-state index in [0.717, 1.165) is 27.6 Å². The molecule has 0 amide bonds. The van der Waals surface area contributed by atoms with Crippen LogP contribution in [-0.2, 0) is 29.0 Å². The summed E-state index contributed by atoms with van der Waals surface area (Å²) in [6.07, 6.45) is 4.52. The molecular formula is C20H21N3O3. The number of aliphatic hydroxyl groups excluding tert-OH is 1. The van der Waals surface area contributed by atoms with Gasteiger partial charge in [-0.05, 0) is 35.1 Å². The number of fused-ring (bicyclic) bond motifs is 1. The van der Waals surface area contributed by atoms with Gasteiger partial charge in [0.15, 0.2) is 0 Å². The van der Waals surface area contributed by atoms with Crippen molar-refractivity contribution in [3.63, 3.8) is 0 Å². The molecular weight excluding hydrogens is 330 g/mol. The van der Waals surface area contributed by atoms with E-state index in [0.29, 0.717) is 18.5 Å². The first-order valence-electron chi connectivity index (χ1n) is 8.35. The van der Waals surface area contributed by atoms with Crippen LogP contribution in [0, 0.1) is 0 Å². The van der Waals surface area contributed by atoms with Crippen LogP contribution in [0.25, 0.3) is 10.8 Å². The number of hydrogen-bond donors (Lipinski definition) is 2. The van der Waals surface area contributed by atoms with Crippen molar-refractivity contribution in [1.82, 2.24) is 9.97 Å². The summed E-state index contributed by atoms with van der Waals surface area (Å²) in [6.45, 7) is -0.112. The van der Waals surface area contributed by atoms with Gasteiger partial charge >= 0.3 is 5.97 Å². The van der Waals surface area contributed by atoms with Crippen LogP contribution in [0.1, 0.15) is 22.5 Å². The van der Waals surface area contributed by atoms with Crippen LogP contribution in [0.15, 0.2) is 48.8 Å². The third kappa shape index (κ3) is 4.04. The molecule has 6 heteroatoms. The van der Waals surface area contributed by atoms with Gasteiger partial charge in [0, 0.05) is 24.2 Å². The number of esters is 1. The molecule has 0 radical (unpaired) electrons. The van der Waals surface area contributed by atoms with Crippen LogP contribution in [0.5, 0.6) is 0 Å². The number of methoxy groups -OCH3 is 1. The number of aliphatic hydroxyl groups is 1. The quantitative estimate of drug-likeness (QED) is 0.657. The topological polar surface area (TPSA) is 98.3 Å². The van der Waals surface area contributed by atoms with Crippen molar-refractivity contribution >= 4 is 16.7 Å². The molecule has 0 saturated carbocycles. The molecule has 0 aliphatic rings. The molecule has 0 bridgehead atoms. The van der Waals surface area contributed by atoms with E-state index in [9.17, 15) is 9.90 Å². The summed E-state index contributed by atoms with van der Waals surface area (Å²) < 4.78 is 4.68. The molecule has 0 spiro atoms. The number of rotatable bonds is 6. The van der Waals surface area contributed by atoms with Crippen molar-refractivity contribution in [2.75, 3.05) is 7.11 Å². The summed E-state index contributed by atoms with van der Waals surface area (Å²) in [6, 6.07) is 11.0. The third-order valence-electron chi connectivity index (χ3n) is 4.25. The maximum atomic E-state index is 11.5. The zero-order valence-electron chi connectivity index (χ0n) is 14.6. The number of carbonyl (C=O) groups is 1. The second-order valence-corrected chi connectivity index (χ2v) is 6.15. The van der Waals surface area contributed by atoms with Gasteiger partial charge in [0.25, 0.3) is 0 Å². The zero-order chi connectivity index (χ0) is 18.5. The predicted molar refractivity (Wildman–Crippen MR) is 98.4 cm³/mol. The molecule has 0 fully saturated rings. The maximum absolute atomic E-state index is 11.5. The average Bonchev–Trinajstić information content (AvgIpc) is 2.67. The van der Waals surface area contributed by atoms with Crippen LogP contribution in [0.2, 0.25) is 0 Å². The molecule has 3 rings (SSSR count). The Balaban J connectivity index is 1.89. The first kappa shape index (κ1) is 18.0. The maximum Gasteiger partial charge on any atom is 0.322 e. The van der Waals surface area contributed by atoms with Crippen molar-refractivity contribution in [2.24, 2.45) is 5.73 Å². The van der Waals surface area contributed by atoms with E-state index in [-0.39, 0.29) is 6.61 Å². The SMILES string of the molecule is COC(=O)[C@@H](N)Cc1cccc(Cc2nc(CO)cc3ccncc23)c1. The van der Waals surface area contributed by atoms with Gasteiger partial charge in [-0.1, -0.05) is 24.3 Å². The lowest BCUT2D eigenvalue weighted by molar-refractivity contribution is -0.142. The summed E-state index contributed by atoms with van der Waals surface area (Å²) >= 11 is 0. The van der Waals surface area contributed by atoms with Crippen LogP contribution in [0.4, 0.5) is 0 Å². The molecule has 0 saturated heterocycles. The van der Waals surface area contributed by atoms with E-state index in [2.05, 4.69) is 14.7 Å². The Kier molecular flexibility index (Phi) is 5.55. The van der Waals surface area contributed by atoms with E-state index >= 15 is 0 Å². The lowest BCUT2D eigenvalue weighted by Gasteiger charge is -2.11. The molecule has 3 aromatic rings. The smallest absolute Gasteiger partial charge is 0.322 e. The molecule has 2 aromatic heterocycles. The number of nitrogens with two attached hydrogens (primary N) is 1. The zero-order valence-corrected chi connectivity index (χ0v) is 14.6. The normalized spacial score (nSPS) is 12.1. The summed E-state index contributed by atoms with van der Waals surface area (Å²) in [4.78, 5) is 20.3. The summed E-state index contributed by atoms with van der Waals surface area (Å²) in [5.41, 5.74) is 9.34. The summed E-state index contributed by atoms with van der Waals surface area (Å²) in [5.74, 6) is -0.426. The number of ether oxygens (including phenoxy) is 1. The number of pyridine rings is 2. The second-order valence-electron chi connectivity index (χ2n) is 6.15. The van der Waals surface area contributed by atoms with Gasteiger partial charge in [-0.2, -0.15) is 0 Å². The van der Waals surface area contributed by atoms with Crippen LogP contribution >= 0.6 is 0 Å². The Morgan fingerprint density at radius 3 is 2.85 bits per heavy atom. The van der Waals surface area contributed by atoms with Crippen molar-refractivity contribution in [3.05, 3.63) is 71.3 Å². The Hall–Kier alpha value is -2.83. The van der Waals surface area contributed by atoms with E-state index in [1.165, 1.54) is 7.11 Å². The minimum Gasteiger partial charge on any atom is -0.468 e. The van der Waals surface area contributed by atoms with Crippen molar-refractivity contribution < 1.29 is 14.6 Å². The van der Waals surface area contributed by atoms with Gasteiger partial charge in [-0.3, -0.25) is 14.8 Å². The van der Waals surface area contributed by atoms with E-state index in [1.54, 1.807) is 12.4 Å². The lowest BCUT2D eigenvalue weighted by Crippen LogP contribution is -2.33. The van der Waals surface area contributed by atoms with Gasteiger partial charge in [0.2, 0.25) is 0 Å². The highest BCUT2D eigenvalue weighted by Crippen LogP contribution is 2.21. The van der Waals surface area contributed by atoms with E-state index in [4.69, 9.17) is 5.73 Å². The van der Waals surface area contributed by atoms with Gasteiger partial charge < -0.3 is 15.6 Å². The van der Waals surface area contributed by atoms with Gasteiger partial charge in [0.05, 0.1) is 25.1 Å². The van der Waals surface area contributed by atoms with Gasteiger partial charge in [-0.25, -0.2) is 0 Å². The van der Waals surface area contributed by atoms with Crippen LogP contribution < -0.4 is 5.73 Å². The number of carbonyl (C=O) groups excluding carboxylic acids is 1. The summed E-state index contributed by atoms with van der Waals surface area (Å²) in [5, 5.41) is 11.4. The molecule has 3 N–H and O–H groups in total. The molecule has 0 unspecified atom stereocenters. The fourth-order valence-corrected chi connectivity index (χ4v) is 2.98. The number of benzene rings is 1. The molecule has 6 nitrogen and oxygen atoms in total. The highest BCUT2D eigenvalue weighted by Gasteiger charge is 2.14. The second kappa shape index (κ2) is 8.03. The Morgan fingerprint density at radius 1 is 1.27 bits per heavy atom. The van der Waals surface area contributed by atoms with E-state index in [1.807, 2.05) is 36.4 Å². The van der Waals surface area contributed by atoms with Gasteiger partial charge in [0.1, 0.15) is 6.04 Å². The number of hydrogen-bond acceptors (Lipinski definition) is 6. The Morgan fingerprint density at radius 2 is 2.08 bits per heavy atom. The lowest BCUT2D eigenvalue weighted by atomic mass is 10.00. The fourth-order valence-electron chi connectivity index (χ4n) is 2.98. The molecule has 26 heavy (non-hydrogen) atoms. The number of aromatic nitrogens is 2. The molecule has 0 aliphatic heterocycles. The van der Waals surface area contributed by atoms with Crippen LogP contribution in [-0.4, -0.2) is 34.2 Å². The Bertz CT molecular complexity index is 927. The van der Waals surface area contributed by atoms with E-state index < -0.39 is 12.0 Å². The largest absolute Gasteiger partial charge is 0.468 e. The monoisotopic (exact) mass is 351 g/mol. The molecule has 0 aliphatic carbocycles. The Labute approximate surface area is 151 Å². The number of nitrogens with zero attached hydrogens (tertiary/aromatic N) is 2. The molecule has 2 heterocycles. The average molecular weight is 351 g/mol. The van der Waals surface area contributed by atoms with Crippen LogP contribution in [0.3, 0.4) is 0 Å². The third-order valence-corrected chi connectivity index (χ3v) is 4.25. The highest BCUT2D eigenvalue weighted by molar-refractivity contribution is 5.84. The van der Waals surface area contributed by atoms with Gasteiger partial charge in [-0.15, -0.1) is 0 Å². The predicted octanol–water partition coefficient (Wildman–Crippen LogP) is 1.76. The summed E-state index contributed by atoms with van der Waals surface area (Å²) in [7, 11) is 1.33. The molecule has 1 atom stereocenters. The molecule has 1 aromatic carbocycles. The first-order valence-corrected chi connectivity index (χ1v) is 8.35. The highest BCUT2D eigenvalue weighted by atomic mass is 16.5.